The minimum atomic E-state index is -0.0242. The van der Waals surface area contributed by atoms with Crippen molar-refractivity contribution in [3.8, 4) is 5.75 Å². The zero-order chi connectivity index (χ0) is 13.7. The van der Waals surface area contributed by atoms with Crippen molar-refractivity contribution in [2.24, 2.45) is 0 Å². The molecule has 0 saturated carbocycles. The van der Waals surface area contributed by atoms with Crippen LogP contribution in [0, 0.1) is 0 Å². The summed E-state index contributed by atoms with van der Waals surface area (Å²) >= 11 is 0. The molecule has 0 spiro atoms. The quantitative estimate of drug-likeness (QED) is 0.748. The van der Waals surface area contributed by atoms with Crippen LogP contribution >= 0.6 is 0 Å². The first-order chi connectivity index (χ1) is 9.24. The highest BCUT2D eigenvalue weighted by Gasteiger charge is 2.12. The Balaban J connectivity index is 2.20. The van der Waals surface area contributed by atoms with Crippen LogP contribution in [-0.4, -0.2) is 22.2 Å². The lowest BCUT2D eigenvalue weighted by Gasteiger charge is -2.04. The zero-order valence-corrected chi connectivity index (χ0v) is 11.3. The third kappa shape index (κ3) is 3.22. The predicted octanol–water partition coefficient (Wildman–Crippen LogP) is 2.92. The second-order valence-electron chi connectivity index (χ2n) is 4.28. The van der Waals surface area contributed by atoms with Gasteiger partial charge in [0.25, 0.3) is 0 Å². The number of rotatable bonds is 6. The Hall–Kier alpha value is -2.10. The molecule has 4 nitrogen and oxygen atoms in total. The van der Waals surface area contributed by atoms with Crippen molar-refractivity contribution in [1.82, 2.24) is 9.78 Å². The smallest absolute Gasteiger partial charge is 0.196 e. The van der Waals surface area contributed by atoms with Gasteiger partial charge in [-0.1, -0.05) is 19.1 Å². The van der Waals surface area contributed by atoms with Gasteiger partial charge in [-0.3, -0.25) is 9.48 Å². The third-order valence-corrected chi connectivity index (χ3v) is 2.76. The molecule has 0 amide bonds. The molecular formula is C15H18N2O2. The van der Waals surface area contributed by atoms with Crippen molar-refractivity contribution < 1.29 is 9.53 Å². The normalized spacial score (nSPS) is 10.4. The Morgan fingerprint density at radius 2 is 2.16 bits per heavy atom. The van der Waals surface area contributed by atoms with Gasteiger partial charge in [-0.05, 0) is 25.5 Å². The van der Waals surface area contributed by atoms with E-state index in [0.717, 1.165) is 13.0 Å². The van der Waals surface area contributed by atoms with Gasteiger partial charge in [0, 0.05) is 18.3 Å². The van der Waals surface area contributed by atoms with Gasteiger partial charge in [0.2, 0.25) is 0 Å². The van der Waals surface area contributed by atoms with Gasteiger partial charge in [-0.25, -0.2) is 0 Å². The van der Waals surface area contributed by atoms with Crippen molar-refractivity contribution in [3.63, 3.8) is 0 Å². The SMILES string of the molecule is CCCn1cc(C(=O)c2cccc(OCC)c2)cn1. The van der Waals surface area contributed by atoms with Gasteiger partial charge in [0.15, 0.2) is 5.78 Å². The molecule has 4 heteroatoms. The van der Waals surface area contributed by atoms with Crippen LogP contribution in [0.25, 0.3) is 0 Å². The Kier molecular flexibility index (Phi) is 4.34. The minimum absolute atomic E-state index is 0.0242. The maximum absolute atomic E-state index is 12.3. The first-order valence-corrected chi connectivity index (χ1v) is 6.54. The van der Waals surface area contributed by atoms with Gasteiger partial charge < -0.3 is 4.74 Å². The van der Waals surface area contributed by atoms with Crippen LogP contribution in [-0.2, 0) is 6.54 Å². The molecule has 2 rings (SSSR count). The van der Waals surface area contributed by atoms with Crippen molar-refractivity contribution >= 4 is 5.78 Å². The molecule has 1 aromatic carbocycles. The van der Waals surface area contributed by atoms with E-state index in [4.69, 9.17) is 4.74 Å². The molecule has 0 aliphatic carbocycles. The molecule has 0 bridgehead atoms. The maximum Gasteiger partial charge on any atom is 0.196 e. The lowest BCUT2D eigenvalue weighted by molar-refractivity contribution is 0.103. The number of carbonyl (C=O) groups is 1. The molecule has 0 aliphatic heterocycles. The fourth-order valence-electron chi connectivity index (χ4n) is 1.89. The molecule has 100 valence electrons. The number of ether oxygens (including phenoxy) is 1. The number of benzene rings is 1. The van der Waals surface area contributed by atoms with Crippen molar-refractivity contribution in [2.45, 2.75) is 26.8 Å². The Bertz CT molecular complexity index is 561. The maximum atomic E-state index is 12.3. The number of hydrogen-bond acceptors (Lipinski definition) is 3. The molecule has 0 radical (unpaired) electrons. The van der Waals surface area contributed by atoms with E-state index < -0.39 is 0 Å². The van der Waals surface area contributed by atoms with E-state index in [9.17, 15) is 4.79 Å². The van der Waals surface area contributed by atoms with E-state index in [1.165, 1.54) is 0 Å². The van der Waals surface area contributed by atoms with Crippen LogP contribution in [0.2, 0.25) is 0 Å². The summed E-state index contributed by atoms with van der Waals surface area (Å²) in [5.74, 6) is 0.693. The summed E-state index contributed by atoms with van der Waals surface area (Å²) in [5, 5.41) is 4.18. The van der Waals surface area contributed by atoms with Crippen molar-refractivity contribution in [3.05, 3.63) is 47.8 Å². The lowest BCUT2D eigenvalue weighted by atomic mass is 10.1. The summed E-state index contributed by atoms with van der Waals surface area (Å²) in [6.45, 7) is 5.41. The summed E-state index contributed by atoms with van der Waals surface area (Å²) in [5.41, 5.74) is 1.24. The van der Waals surface area contributed by atoms with E-state index in [1.54, 1.807) is 29.2 Å². The molecule has 0 unspecified atom stereocenters. The van der Waals surface area contributed by atoms with E-state index in [-0.39, 0.29) is 5.78 Å². The summed E-state index contributed by atoms with van der Waals surface area (Å²) in [6.07, 6.45) is 4.40. The lowest BCUT2D eigenvalue weighted by Crippen LogP contribution is -2.01. The number of ketones is 1. The number of aryl methyl sites for hydroxylation is 1. The summed E-state index contributed by atoms with van der Waals surface area (Å²) in [6, 6.07) is 7.24. The van der Waals surface area contributed by atoms with Crippen LogP contribution in [0.4, 0.5) is 0 Å². The van der Waals surface area contributed by atoms with Crippen LogP contribution in [0.3, 0.4) is 0 Å². The van der Waals surface area contributed by atoms with E-state index >= 15 is 0 Å². The third-order valence-electron chi connectivity index (χ3n) is 2.76. The topological polar surface area (TPSA) is 44.1 Å². The first-order valence-electron chi connectivity index (χ1n) is 6.54. The number of nitrogens with zero attached hydrogens (tertiary/aromatic N) is 2. The Labute approximate surface area is 113 Å². The van der Waals surface area contributed by atoms with Crippen LogP contribution in [0.5, 0.6) is 5.75 Å². The van der Waals surface area contributed by atoms with Gasteiger partial charge >= 0.3 is 0 Å². The fraction of sp³-hybridized carbons (Fsp3) is 0.333. The molecule has 0 fully saturated rings. The standard InChI is InChI=1S/C15H18N2O2/c1-3-8-17-11-13(10-16-17)15(18)12-6-5-7-14(9-12)19-4-2/h5-7,9-11H,3-4,8H2,1-2H3. The first kappa shape index (κ1) is 13.3. The second kappa shape index (κ2) is 6.18. The van der Waals surface area contributed by atoms with Gasteiger partial charge in [0.1, 0.15) is 5.75 Å². The monoisotopic (exact) mass is 258 g/mol. The summed E-state index contributed by atoms with van der Waals surface area (Å²) < 4.78 is 7.19. The van der Waals surface area contributed by atoms with Crippen molar-refractivity contribution in [2.75, 3.05) is 6.61 Å². The number of carbonyl (C=O) groups excluding carboxylic acids is 1. The Morgan fingerprint density at radius 1 is 1.32 bits per heavy atom. The minimum Gasteiger partial charge on any atom is -0.494 e. The van der Waals surface area contributed by atoms with Gasteiger partial charge in [-0.15, -0.1) is 0 Å². The average Bonchev–Trinajstić information content (AvgIpc) is 2.88. The molecule has 2 aromatic rings. The highest BCUT2D eigenvalue weighted by Crippen LogP contribution is 2.16. The van der Waals surface area contributed by atoms with Crippen LogP contribution in [0.15, 0.2) is 36.7 Å². The molecule has 0 aliphatic rings. The molecule has 0 saturated heterocycles. The molecule has 19 heavy (non-hydrogen) atoms. The fourth-order valence-corrected chi connectivity index (χ4v) is 1.89. The Morgan fingerprint density at radius 3 is 2.89 bits per heavy atom. The number of hydrogen-bond donors (Lipinski definition) is 0. The van der Waals surface area contributed by atoms with Gasteiger partial charge in [-0.2, -0.15) is 5.10 Å². The van der Waals surface area contributed by atoms with Crippen LogP contribution < -0.4 is 4.74 Å². The second-order valence-corrected chi connectivity index (χ2v) is 4.28. The van der Waals surface area contributed by atoms with E-state index in [0.29, 0.717) is 23.5 Å². The molecular weight excluding hydrogens is 240 g/mol. The molecule has 1 heterocycles. The average molecular weight is 258 g/mol. The van der Waals surface area contributed by atoms with Crippen LogP contribution in [0.1, 0.15) is 36.2 Å². The molecule has 1 aromatic heterocycles. The van der Waals surface area contributed by atoms with Crippen molar-refractivity contribution in [1.29, 1.82) is 0 Å². The largest absolute Gasteiger partial charge is 0.494 e. The zero-order valence-electron chi connectivity index (χ0n) is 11.3. The highest BCUT2D eigenvalue weighted by molar-refractivity contribution is 6.08. The predicted molar refractivity (Wildman–Crippen MR) is 73.6 cm³/mol. The number of aromatic nitrogens is 2. The summed E-state index contributed by atoms with van der Waals surface area (Å²) in [7, 11) is 0. The molecule has 0 atom stereocenters. The van der Waals surface area contributed by atoms with E-state index in [2.05, 4.69) is 12.0 Å². The summed E-state index contributed by atoms with van der Waals surface area (Å²) in [4.78, 5) is 12.3. The van der Waals surface area contributed by atoms with Gasteiger partial charge in [0.05, 0.1) is 18.4 Å². The van der Waals surface area contributed by atoms with E-state index in [1.807, 2.05) is 19.1 Å². The highest BCUT2D eigenvalue weighted by atomic mass is 16.5. The molecule has 0 N–H and O–H groups in total.